The number of hydrogen-bond donors (Lipinski definition) is 0. The van der Waals surface area contributed by atoms with E-state index in [9.17, 15) is 4.79 Å². The Kier molecular flexibility index (Phi) is 3.97. The monoisotopic (exact) mass is 170 g/mol. The van der Waals surface area contributed by atoms with Crippen LogP contribution in [0.5, 0.6) is 0 Å². The first kappa shape index (κ1) is 9.42. The maximum atomic E-state index is 10.7. The molecule has 0 bridgehead atoms. The zero-order valence-corrected chi connectivity index (χ0v) is 7.29. The van der Waals surface area contributed by atoms with E-state index in [1.165, 1.54) is 6.08 Å². The SMILES string of the molecule is CCCCOC1C=CC(=O)CO1. The molecule has 1 atom stereocenters. The van der Waals surface area contributed by atoms with E-state index in [0.29, 0.717) is 6.61 Å². The highest BCUT2D eigenvalue weighted by Crippen LogP contribution is 2.04. The van der Waals surface area contributed by atoms with E-state index in [1.807, 2.05) is 0 Å². The molecule has 0 aromatic rings. The van der Waals surface area contributed by atoms with Gasteiger partial charge in [0.05, 0.1) is 6.61 Å². The van der Waals surface area contributed by atoms with Gasteiger partial charge in [0, 0.05) is 0 Å². The van der Waals surface area contributed by atoms with E-state index < -0.39 is 0 Å². The fraction of sp³-hybridized carbons (Fsp3) is 0.667. The third-order valence-corrected chi connectivity index (χ3v) is 1.61. The van der Waals surface area contributed by atoms with Gasteiger partial charge in [0.15, 0.2) is 12.1 Å². The quantitative estimate of drug-likeness (QED) is 0.596. The predicted octanol–water partition coefficient (Wildman–Crippen LogP) is 1.28. The summed E-state index contributed by atoms with van der Waals surface area (Å²) in [6.07, 6.45) is 4.99. The zero-order valence-electron chi connectivity index (χ0n) is 7.29. The van der Waals surface area contributed by atoms with E-state index in [0.717, 1.165) is 12.8 Å². The second-order valence-corrected chi connectivity index (χ2v) is 2.73. The van der Waals surface area contributed by atoms with Crippen LogP contribution in [0.15, 0.2) is 12.2 Å². The molecule has 3 heteroatoms. The summed E-state index contributed by atoms with van der Waals surface area (Å²) < 4.78 is 10.4. The van der Waals surface area contributed by atoms with E-state index in [1.54, 1.807) is 6.08 Å². The lowest BCUT2D eigenvalue weighted by Crippen LogP contribution is -2.23. The van der Waals surface area contributed by atoms with E-state index in [2.05, 4.69) is 6.92 Å². The molecule has 1 rings (SSSR count). The first-order valence-electron chi connectivity index (χ1n) is 4.27. The molecule has 0 N–H and O–H groups in total. The third-order valence-electron chi connectivity index (χ3n) is 1.61. The lowest BCUT2D eigenvalue weighted by atomic mass is 10.3. The number of unbranched alkanes of at least 4 members (excludes halogenated alkanes) is 1. The molecule has 1 heterocycles. The van der Waals surface area contributed by atoms with Crippen molar-refractivity contribution >= 4 is 5.78 Å². The highest BCUT2D eigenvalue weighted by Gasteiger charge is 2.12. The van der Waals surface area contributed by atoms with E-state index in [-0.39, 0.29) is 18.7 Å². The zero-order chi connectivity index (χ0) is 8.81. The van der Waals surface area contributed by atoms with Crippen LogP contribution < -0.4 is 0 Å². The van der Waals surface area contributed by atoms with Gasteiger partial charge in [-0.2, -0.15) is 0 Å². The highest BCUT2D eigenvalue weighted by molar-refractivity contribution is 5.91. The molecule has 3 nitrogen and oxygen atoms in total. The Morgan fingerprint density at radius 2 is 2.58 bits per heavy atom. The van der Waals surface area contributed by atoms with Crippen molar-refractivity contribution in [3.05, 3.63) is 12.2 Å². The van der Waals surface area contributed by atoms with Gasteiger partial charge in [-0.1, -0.05) is 13.3 Å². The Morgan fingerprint density at radius 3 is 3.17 bits per heavy atom. The Bertz CT molecular complexity index is 175. The smallest absolute Gasteiger partial charge is 0.181 e. The van der Waals surface area contributed by atoms with Crippen LogP contribution in [0.2, 0.25) is 0 Å². The minimum absolute atomic E-state index is 0.00495. The van der Waals surface area contributed by atoms with Crippen LogP contribution in [0.1, 0.15) is 19.8 Å². The molecule has 12 heavy (non-hydrogen) atoms. The molecule has 0 amide bonds. The summed E-state index contributed by atoms with van der Waals surface area (Å²) in [6, 6.07) is 0. The molecular weight excluding hydrogens is 156 g/mol. The number of carbonyl (C=O) groups is 1. The van der Waals surface area contributed by atoms with Gasteiger partial charge in [0.1, 0.15) is 6.61 Å². The molecule has 0 saturated heterocycles. The van der Waals surface area contributed by atoms with Crippen molar-refractivity contribution in [2.45, 2.75) is 26.1 Å². The summed E-state index contributed by atoms with van der Waals surface area (Å²) in [7, 11) is 0. The van der Waals surface area contributed by atoms with Crippen LogP contribution in [-0.4, -0.2) is 25.3 Å². The van der Waals surface area contributed by atoms with Crippen LogP contribution >= 0.6 is 0 Å². The Morgan fingerprint density at radius 1 is 1.75 bits per heavy atom. The standard InChI is InChI=1S/C9H14O3/c1-2-3-6-11-9-5-4-8(10)7-12-9/h4-5,9H,2-3,6-7H2,1H3. The van der Waals surface area contributed by atoms with Gasteiger partial charge in [-0.15, -0.1) is 0 Å². The molecule has 1 unspecified atom stereocenters. The molecule has 0 aromatic heterocycles. The normalized spacial score (nSPS) is 23.1. The highest BCUT2D eigenvalue weighted by atomic mass is 16.7. The van der Waals surface area contributed by atoms with E-state index in [4.69, 9.17) is 9.47 Å². The first-order valence-corrected chi connectivity index (χ1v) is 4.27. The van der Waals surface area contributed by atoms with Gasteiger partial charge in [0.25, 0.3) is 0 Å². The van der Waals surface area contributed by atoms with Crippen LogP contribution in [0.4, 0.5) is 0 Å². The summed E-state index contributed by atoms with van der Waals surface area (Å²) >= 11 is 0. The summed E-state index contributed by atoms with van der Waals surface area (Å²) in [6.45, 7) is 2.94. The largest absolute Gasteiger partial charge is 0.349 e. The molecule has 0 saturated carbocycles. The van der Waals surface area contributed by atoms with Gasteiger partial charge >= 0.3 is 0 Å². The van der Waals surface area contributed by atoms with Crippen LogP contribution in [0.25, 0.3) is 0 Å². The maximum Gasteiger partial charge on any atom is 0.181 e. The van der Waals surface area contributed by atoms with Crippen LogP contribution in [0, 0.1) is 0 Å². The Labute approximate surface area is 72.4 Å². The molecular formula is C9H14O3. The summed E-state index contributed by atoms with van der Waals surface area (Å²) in [5, 5.41) is 0. The predicted molar refractivity (Wildman–Crippen MR) is 44.7 cm³/mol. The molecule has 0 aliphatic carbocycles. The van der Waals surface area contributed by atoms with Crippen molar-refractivity contribution in [1.29, 1.82) is 0 Å². The summed E-state index contributed by atoms with van der Waals surface area (Å²) in [5.41, 5.74) is 0. The first-order chi connectivity index (χ1) is 5.83. The van der Waals surface area contributed by atoms with Gasteiger partial charge in [-0.3, -0.25) is 4.79 Å². The lowest BCUT2D eigenvalue weighted by Gasteiger charge is -2.16. The topological polar surface area (TPSA) is 35.5 Å². The fourth-order valence-electron chi connectivity index (χ4n) is 0.901. The molecule has 0 radical (unpaired) electrons. The average Bonchev–Trinajstić information content (AvgIpc) is 2.09. The van der Waals surface area contributed by atoms with Crippen LogP contribution in [0.3, 0.4) is 0 Å². The molecule has 0 aromatic carbocycles. The average molecular weight is 170 g/mol. The molecule has 0 spiro atoms. The second-order valence-electron chi connectivity index (χ2n) is 2.73. The second kappa shape index (κ2) is 5.06. The van der Waals surface area contributed by atoms with Gasteiger partial charge in [-0.05, 0) is 18.6 Å². The van der Waals surface area contributed by atoms with Gasteiger partial charge in [0.2, 0.25) is 0 Å². The minimum atomic E-state index is -0.311. The lowest BCUT2D eigenvalue weighted by molar-refractivity contribution is -0.142. The summed E-state index contributed by atoms with van der Waals surface area (Å²) in [4.78, 5) is 10.7. The van der Waals surface area contributed by atoms with Crippen molar-refractivity contribution in [3.8, 4) is 0 Å². The number of carbonyl (C=O) groups excluding carboxylic acids is 1. The van der Waals surface area contributed by atoms with Crippen molar-refractivity contribution < 1.29 is 14.3 Å². The van der Waals surface area contributed by atoms with Crippen molar-refractivity contribution in [3.63, 3.8) is 0 Å². The Hall–Kier alpha value is -0.670. The number of ketones is 1. The van der Waals surface area contributed by atoms with Crippen molar-refractivity contribution in [2.75, 3.05) is 13.2 Å². The number of hydrogen-bond acceptors (Lipinski definition) is 3. The minimum Gasteiger partial charge on any atom is -0.349 e. The fourth-order valence-corrected chi connectivity index (χ4v) is 0.901. The van der Waals surface area contributed by atoms with E-state index >= 15 is 0 Å². The van der Waals surface area contributed by atoms with Crippen LogP contribution in [-0.2, 0) is 14.3 Å². The Balaban J connectivity index is 2.17. The molecule has 68 valence electrons. The maximum absolute atomic E-state index is 10.7. The van der Waals surface area contributed by atoms with Gasteiger partial charge in [-0.25, -0.2) is 0 Å². The van der Waals surface area contributed by atoms with Gasteiger partial charge < -0.3 is 9.47 Å². The third kappa shape index (κ3) is 3.15. The van der Waals surface area contributed by atoms with Crippen molar-refractivity contribution in [1.82, 2.24) is 0 Å². The molecule has 0 fully saturated rings. The molecule has 1 aliphatic heterocycles. The number of ether oxygens (including phenoxy) is 2. The number of rotatable bonds is 4. The summed E-state index contributed by atoms with van der Waals surface area (Å²) in [5.74, 6) is 0.00495. The molecule has 1 aliphatic rings. The van der Waals surface area contributed by atoms with Crippen molar-refractivity contribution in [2.24, 2.45) is 0 Å².